The van der Waals surface area contributed by atoms with Crippen LogP contribution in [-0.4, -0.2) is 27.8 Å². The summed E-state index contributed by atoms with van der Waals surface area (Å²) in [6.45, 7) is 2.49. The molecule has 5 nitrogen and oxygen atoms in total. The van der Waals surface area contributed by atoms with Gasteiger partial charge in [0, 0.05) is 17.3 Å². The number of thioether (sulfide) groups is 1. The van der Waals surface area contributed by atoms with Gasteiger partial charge in [-0.15, -0.1) is 0 Å². The molecule has 0 unspecified atom stereocenters. The fraction of sp³-hybridized carbons (Fsp3) is 0.125. The van der Waals surface area contributed by atoms with Gasteiger partial charge in [0.15, 0.2) is 5.16 Å². The Morgan fingerprint density at radius 2 is 1.77 bits per heavy atom. The first-order valence-electron chi connectivity index (χ1n) is 9.84. The number of fused-ring (bicyclic) bond motifs is 1. The Hall–Kier alpha value is -3.09. The number of anilines is 1. The molecule has 1 amide bonds. The van der Waals surface area contributed by atoms with Crippen molar-refractivity contribution in [3.05, 3.63) is 94.2 Å². The number of hydrogen-bond donors (Lipinski definition) is 0. The third-order valence-corrected chi connectivity index (χ3v) is 5.98. The zero-order chi connectivity index (χ0) is 21.8. The lowest BCUT2D eigenvalue weighted by molar-refractivity contribution is -0.116. The topological polar surface area (TPSA) is 55.2 Å². The number of aromatic nitrogens is 2. The Morgan fingerprint density at radius 3 is 2.52 bits per heavy atom. The number of rotatable bonds is 6. The van der Waals surface area contributed by atoms with Gasteiger partial charge in [-0.25, -0.2) is 4.98 Å². The lowest BCUT2D eigenvalue weighted by Crippen LogP contribution is -2.32. The van der Waals surface area contributed by atoms with E-state index in [0.29, 0.717) is 33.3 Å². The fourth-order valence-corrected chi connectivity index (χ4v) is 4.44. The van der Waals surface area contributed by atoms with Crippen molar-refractivity contribution in [2.24, 2.45) is 0 Å². The maximum absolute atomic E-state index is 13.3. The van der Waals surface area contributed by atoms with Crippen LogP contribution in [0.15, 0.2) is 88.8 Å². The van der Waals surface area contributed by atoms with Crippen LogP contribution in [0.2, 0.25) is 5.02 Å². The summed E-state index contributed by atoms with van der Waals surface area (Å²) in [5.74, 6) is 0.0902. The maximum atomic E-state index is 13.3. The monoisotopic (exact) mass is 449 g/mol. The first-order valence-corrected chi connectivity index (χ1v) is 11.2. The smallest absolute Gasteiger partial charge is 0.266 e. The van der Waals surface area contributed by atoms with E-state index in [9.17, 15) is 9.59 Å². The summed E-state index contributed by atoms with van der Waals surface area (Å²) < 4.78 is 1.52. The van der Waals surface area contributed by atoms with E-state index in [1.165, 1.54) is 16.3 Å². The summed E-state index contributed by atoms with van der Waals surface area (Å²) in [6.07, 6.45) is 0. The van der Waals surface area contributed by atoms with Crippen LogP contribution in [0.1, 0.15) is 6.92 Å². The molecule has 0 spiro atoms. The summed E-state index contributed by atoms with van der Waals surface area (Å²) >= 11 is 7.41. The fourth-order valence-electron chi connectivity index (χ4n) is 3.37. The molecule has 31 heavy (non-hydrogen) atoms. The molecule has 0 aliphatic heterocycles. The molecule has 0 N–H and O–H groups in total. The summed E-state index contributed by atoms with van der Waals surface area (Å²) in [5, 5.41) is 1.48. The second-order valence-corrected chi connectivity index (χ2v) is 8.17. The van der Waals surface area contributed by atoms with E-state index < -0.39 is 0 Å². The SMILES string of the molecule is CCN(C(=O)CSc1nc2ccccc2c(=O)n1-c1cccc(Cl)c1)c1ccccc1. The average molecular weight is 450 g/mol. The summed E-state index contributed by atoms with van der Waals surface area (Å²) in [4.78, 5) is 32.7. The van der Waals surface area contributed by atoms with Crippen molar-refractivity contribution in [2.45, 2.75) is 12.1 Å². The molecule has 4 aromatic rings. The van der Waals surface area contributed by atoms with Crippen LogP contribution >= 0.6 is 23.4 Å². The van der Waals surface area contributed by atoms with Crippen molar-refractivity contribution in [3.63, 3.8) is 0 Å². The normalized spacial score (nSPS) is 10.9. The molecule has 156 valence electrons. The van der Waals surface area contributed by atoms with E-state index in [-0.39, 0.29) is 17.2 Å². The Bertz CT molecular complexity index is 1290. The molecule has 0 radical (unpaired) electrons. The van der Waals surface area contributed by atoms with Gasteiger partial charge in [0.05, 0.1) is 22.3 Å². The Kier molecular flexibility index (Phi) is 6.39. The highest BCUT2D eigenvalue weighted by Crippen LogP contribution is 2.24. The second kappa shape index (κ2) is 9.37. The summed E-state index contributed by atoms with van der Waals surface area (Å²) in [5.41, 5.74) is 1.85. The first kappa shape index (κ1) is 21.2. The van der Waals surface area contributed by atoms with Crippen molar-refractivity contribution >= 4 is 45.9 Å². The molecular formula is C24H20ClN3O2S. The highest BCUT2D eigenvalue weighted by molar-refractivity contribution is 7.99. The van der Waals surface area contributed by atoms with Gasteiger partial charge < -0.3 is 4.90 Å². The van der Waals surface area contributed by atoms with Gasteiger partial charge in [0.1, 0.15) is 0 Å². The molecule has 7 heteroatoms. The van der Waals surface area contributed by atoms with Gasteiger partial charge in [0.25, 0.3) is 5.56 Å². The van der Waals surface area contributed by atoms with Crippen molar-refractivity contribution in [3.8, 4) is 5.69 Å². The largest absolute Gasteiger partial charge is 0.312 e. The highest BCUT2D eigenvalue weighted by Gasteiger charge is 2.18. The molecule has 0 saturated carbocycles. The lowest BCUT2D eigenvalue weighted by Gasteiger charge is -2.21. The first-order chi connectivity index (χ1) is 15.1. The quantitative estimate of drug-likeness (QED) is 0.300. The van der Waals surface area contributed by atoms with Crippen LogP contribution in [-0.2, 0) is 4.79 Å². The maximum Gasteiger partial charge on any atom is 0.266 e. The number of amides is 1. The van der Waals surface area contributed by atoms with Crippen LogP contribution < -0.4 is 10.5 Å². The molecule has 0 saturated heterocycles. The van der Waals surface area contributed by atoms with Crippen LogP contribution in [0, 0.1) is 0 Å². The molecule has 1 heterocycles. The summed E-state index contributed by atoms with van der Waals surface area (Å²) in [7, 11) is 0. The molecule has 0 aliphatic rings. The van der Waals surface area contributed by atoms with Crippen LogP contribution in [0.25, 0.3) is 16.6 Å². The number of benzene rings is 3. The van der Waals surface area contributed by atoms with Gasteiger partial charge in [-0.2, -0.15) is 0 Å². The predicted octanol–water partition coefficient (Wildman–Crippen LogP) is 5.18. The number of halogens is 1. The standard InChI is InChI=1S/C24H20ClN3O2S/c1-2-27(18-10-4-3-5-11-18)22(29)16-31-24-26-21-14-7-6-13-20(21)23(30)28(24)19-12-8-9-17(25)15-19/h3-15H,2,16H2,1H3. The van der Waals surface area contributed by atoms with Crippen LogP contribution in [0.4, 0.5) is 5.69 Å². The lowest BCUT2D eigenvalue weighted by atomic mass is 10.2. The third-order valence-electron chi connectivity index (χ3n) is 4.82. The Balaban J connectivity index is 1.72. The Labute approximate surface area is 189 Å². The molecular weight excluding hydrogens is 430 g/mol. The van der Waals surface area contributed by atoms with Crippen molar-refractivity contribution in [1.29, 1.82) is 0 Å². The van der Waals surface area contributed by atoms with Gasteiger partial charge in [0.2, 0.25) is 5.91 Å². The van der Waals surface area contributed by atoms with Gasteiger partial charge >= 0.3 is 0 Å². The molecule has 3 aromatic carbocycles. The number of carbonyl (C=O) groups is 1. The molecule has 4 rings (SSSR count). The van der Waals surface area contributed by atoms with Gasteiger partial charge in [-0.05, 0) is 49.4 Å². The number of hydrogen-bond acceptors (Lipinski definition) is 4. The van der Waals surface area contributed by atoms with Crippen molar-refractivity contribution < 1.29 is 4.79 Å². The highest BCUT2D eigenvalue weighted by atomic mass is 35.5. The Morgan fingerprint density at radius 1 is 1.03 bits per heavy atom. The molecule has 0 fully saturated rings. The zero-order valence-corrected chi connectivity index (χ0v) is 18.4. The van der Waals surface area contributed by atoms with Crippen LogP contribution in [0.3, 0.4) is 0 Å². The van der Waals surface area contributed by atoms with E-state index in [0.717, 1.165) is 5.69 Å². The van der Waals surface area contributed by atoms with E-state index >= 15 is 0 Å². The van der Waals surface area contributed by atoms with E-state index in [4.69, 9.17) is 11.6 Å². The zero-order valence-electron chi connectivity index (χ0n) is 16.9. The van der Waals surface area contributed by atoms with Crippen molar-refractivity contribution in [2.75, 3.05) is 17.2 Å². The average Bonchev–Trinajstić information content (AvgIpc) is 2.79. The van der Waals surface area contributed by atoms with Gasteiger partial charge in [-0.1, -0.05) is 59.8 Å². The van der Waals surface area contributed by atoms with Crippen molar-refractivity contribution in [1.82, 2.24) is 9.55 Å². The molecule has 0 atom stereocenters. The number of carbonyl (C=O) groups excluding carboxylic acids is 1. The second-order valence-electron chi connectivity index (χ2n) is 6.79. The van der Waals surface area contributed by atoms with E-state index in [1.54, 1.807) is 41.3 Å². The molecule has 0 bridgehead atoms. The number of nitrogens with zero attached hydrogens (tertiary/aromatic N) is 3. The molecule has 0 aliphatic carbocycles. The minimum absolute atomic E-state index is 0.0567. The van der Waals surface area contributed by atoms with E-state index in [2.05, 4.69) is 4.98 Å². The number of para-hydroxylation sites is 2. The van der Waals surface area contributed by atoms with E-state index in [1.807, 2.05) is 49.4 Å². The third kappa shape index (κ3) is 4.50. The minimum atomic E-state index is -0.196. The van der Waals surface area contributed by atoms with Crippen LogP contribution in [0.5, 0.6) is 0 Å². The van der Waals surface area contributed by atoms with Gasteiger partial charge in [-0.3, -0.25) is 14.2 Å². The molecule has 1 aromatic heterocycles. The summed E-state index contributed by atoms with van der Waals surface area (Å²) in [6, 6.07) is 23.8. The predicted molar refractivity (Wildman–Crippen MR) is 128 cm³/mol. The minimum Gasteiger partial charge on any atom is -0.312 e.